The lowest BCUT2D eigenvalue weighted by molar-refractivity contribution is -0.138. The van der Waals surface area contributed by atoms with Gasteiger partial charge in [0, 0.05) is 19.0 Å². The smallest absolute Gasteiger partial charge is 0.416 e. The Hall–Kier alpha value is -1.47. The molecule has 24 heavy (non-hydrogen) atoms. The van der Waals surface area contributed by atoms with Gasteiger partial charge >= 0.3 is 6.18 Å². The van der Waals surface area contributed by atoms with Crippen LogP contribution >= 0.6 is 12.4 Å². The van der Waals surface area contributed by atoms with Crippen molar-refractivity contribution in [2.24, 2.45) is 11.7 Å². The molecule has 1 aromatic rings. The summed E-state index contributed by atoms with van der Waals surface area (Å²) in [5.41, 5.74) is 3.92. The van der Waals surface area contributed by atoms with E-state index in [2.05, 4.69) is 5.32 Å². The van der Waals surface area contributed by atoms with Crippen molar-refractivity contribution >= 4 is 18.3 Å². The zero-order valence-electron chi connectivity index (χ0n) is 14.2. The second-order valence-electron chi connectivity index (χ2n) is 6.39. The average Bonchev–Trinajstić information content (AvgIpc) is 2.41. The molecule has 138 valence electrons. The van der Waals surface area contributed by atoms with Crippen LogP contribution in [0.25, 0.3) is 0 Å². The Morgan fingerprint density at radius 2 is 1.88 bits per heavy atom. The second-order valence-corrected chi connectivity index (χ2v) is 6.39. The average molecular weight is 369 g/mol. The number of carbonyl (C=O) groups excluding carboxylic acids is 1. The number of hydrogen-bond acceptors (Lipinski definition) is 3. The molecule has 1 amide bonds. The first-order valence-electron chi connectivity index (χ1n) is 7.31. The predicted octanol–water partition coefficient (Wildman–Crippen LogP) is 3.52. The third-order valence-electron chi connectivity index (χ3n) is 3.06. The molecule has 3 N–H and O–H groups in total. The van der Waals surface area contributed by atoms with Crippen LogP contribution in [0.15, 0.2) is 18.2 Å². The molecule has 0 fully saturated rings. The first kappa shape index (κ1) is 22.5. The maximum absolute atomic E-state index is 13.2. The van der Waals surface area contributed by atoms with Crippen molar-refractivity contribution in [1.82, 2.24) is 5.32 Å². The lowest BCUT2D eigenvalue weighted by Crippen LogP contribution is -2.33. The van der Waals surface area contributed by atoms with Crippen LogP contribution in [0, 0.1) is 5.92 Å². The largest absolute Gasteiger partial charge is 0.488 e. The molecule has 1 atom stereocenters. The molecule has 0 saturated heterocycles. The minimum Gasteiger partial charge on any atom is -0.488 e. The fraction of sp³-hybridized carbons (Fsp3) is 0.562. The summed E-state index contributed by atoms with van der Waals surface area (Å²) in [6.07, 6.45) is -4.53. The molecule has 0 radical (unpaired) electrons. The Labute approximate surface area is 146 Å². The first-order valence-corrected chi connectivity index (χ1v) is 7.31. The standard InChI is InChI=1S/C16H23F3N2O2.ClH/c1-10(8-20)14(22)21-9-11-5-6-12(23-15(2,3)4)7-13(11)16(17,18)19;/h5-7,10H,8-9,20H2,1-4H3,(H,21,22);1H. The van der Waals surface area contributed by atoms with Gasteiger partial charge in [0.2, 0.25) is 5.91 Å². The topological polar surface area (TPSA) is 64.4 Å². The molecule has 8 heteroatoms. The molecule has 0 aromatic heterocycles. The molecular weight excluding hydrogens is 345 g/mol. The molecule has 0 bridgehead atoms. The van der Waals surface area contributed by atoms with E-state index in [1.807, 2.05) is 0 Å². The monoisotopic (exact) mass is 368 g/mol. The summed E-state index contributed by atoms with van der Waals surface area (Å²) in [7, 11) is 0. The van der Waals surface area contributed by atoms with Gasteiger partial charge in [-0.3, -0.25) is 4.79 Å². The number of halogens is 4. The molecule has 4 nitrogen and oxygen atoms in total. The van der Waals surface area contributed by atoms with Gasteiger partial charge in [-0.1, -0.05) is 13.0 Å². The third-order valence-corrected chi connectivity index (χ3v) is 3.06. The van der Waals surface area contributed by atoms with E-state index in [9.17, 15) is 18.0 Å². The van der Waals surface area contributed by atoms with Crippen LogP contribution in [0.5, 0.6) is 5.75 Å². The van der Waals surface area contributed by atoms with Crippen LogP contribution in [0.1, 0.15) is 38.8 Å². The summed E-state index contributed by atoms with van der Waals surface area (Å²) in [4.78, 5) is 11.7. The second kappa shape index (κ2) is 8.58. The summed E-state index contributed by atoms with van der Waals surface area (Å²) in [5.74, 6) is -0.696. The van der Waals surface area contributed by atoms with Gasteiger partial charge in [-0.25, -0.2) is 0 Å². The van der Waals surface area contributed by atoms with Gasteiger partial charge < -0.3 is 15.8 Å². The van der Waals surface area contributed by atoms with Crippen LogP contribution in [-0.4, -0.2) is 18.1 Å². The minimum atomic E-state index is -4.53. The number of carbonyl (C=O) groups is 1. The highest BCUT2D eigenvalue weighted by molar-refractivity contribution is 5.85. The van der Waals surface area contributed by atoms with E-state index in [1.165, 1.54) is 12.1 Å². The first-order chi connectivity index (χ1) is 10.4. The quantitative estimate of drug-likeness (QED) is 0.835. The van der Waals surface area contributed by atoms with Gasteiger partial charge in [-0.05, 0) is 38.5 Å². The van der Waals surface area contributed by atoms with Crippen LogP contribution in [0.3, 0.4) is 0 Å². The van der Waals surface area contributed by atoms with Crippen LogP contribution in [0.4, 0.5) is 13.2 Å². The predicted molar refractivity (Wildman–Crippen MR) is 89.1 cm³/mol. The van der Waals surface area contributed by atoms with Crippen LogP contribution < -0.4 is 15.8 Å². The van der Waals surface area contributed by atoms with E-state index < -0.39 is 23.3 Å². The zero-order chi connectivity index (χ0) is 17.8. The number of amides is 1. The fourth-order valence-electron chi connectivity index (χ4n) is 1.85. The Bertz CT molecular complexity index is 557. The molecule has 1 unspecified atom stereocenters. The van der Waals surface area contributed by atoms with E-state index in [0.29, 0.717) is 0 Å². The Morgan fingerprint density at radius 3 is 2.33 bits per heavy atom. The Morgan fingerprint density at radius 1 is 1.29 bits per heavy atom. The van der Waals surface area contributed by atoms with Gasteiger partial charge in [-0.2, -0.15) is 13.2 Å². The van der Waals surface area contributed by atoms with Crippen molar-refractivity contribution in [2.45, 2.75) is 46.0 Å². The molecule has 0 aliphatic rings. The number of nitrogens with one attached hydrogen (secondary N) is 1. The van der Waals surface area contributed by atoms with E-state index in [-0.39, 0.29) is 42.7 Å². The van der Waals surface area contributed by atoms with Crippen molar-refractivity contribution < 1.29 is 22.7 Å². The van der Waals surface area contributed by atoms with Crippen molar-refractivity contribution in [1.29, 1.82) is 0 Å². The summed E-state index contributed by atoms with van der Waals surface area (Å²) in [6, 6.07) is 3.74. The number of alkyl halides is 3. The summed E-state index contributed by atoms with van der Waals surface area (Å²) >= 11 is 0. The van der Waals surface area contributed by atoms with E-state index >= 15 is 0 Å². The van der Waals surface area contributed by atoms with Crippen LogP contribution in [-0.2, 0) is 17.5 Å². The third kappa shape index (κ3) is 6.97. The number of hydrogen-bond donors (Lipinski definition) is 2. The molecule has 0 aliphatic carbocycles. The van der Waals surface area contributed by atoms with E-state index in [1.54, 1.807) is 27.7 Å². The van der Waals surface area contributed by atoms with Crippen LogP contribution in [0.2, 0.25) is 0 Å². The number of benzene rings is 1. The lowest BCUT2D eigenvalue weighted by atomic mass is 10.1. The highest BCUT2D eigenvalue weighted by Gasteiger charge is 2.34. The fourth-order valence-corrected chi connectivity index (χ4v) is 1.85. The molecule has 0 spiro atoms. The van der Waals surface area contributed by atoms with Gasteiger partial charge in [0.1, 0.15) is 11.4 Å². The van der Waals surface area contributed by atoms with E-state index in [4.69, 9.17) is 10.5 Å². The Kier molecular flexibility index (Phi) is 8.05. The van der Waals surface area contributed by atoms with Gasteiger partial charge in [-0.15, -0.1) is 12.4 Å². The number of ether oxygens (including phenoxy) is 1. The number of nitrogens with two attached hydrogens (primary N) is 1. The van der Waals surface area contributed by atoms with Crippen molar-refractivity contribution in [3.63, 3.8) is 0 Å². The van der Waals surface area contributed by atoms with Gasteiger partial charge in [0.25, 0.3) is 0 Å². The maximum atomic E-state index is 13.2. The molecular formula is C16H24ClF3N2O2. The highest BCUT2D eigenvalue weighted by Crippen LogP contribution is 2.35. The Balaban J connectivity index is 0.00000529. The van der Waals surface area contributed by atoms with Crippen molar-refractivity contribution in [3.05, 3.63) is 29.3 Å². The lowest BCUT2D eigenvalue weighted by Gasteiger charge is -2.23. The highest BCUT2D eigenvalue weighted by atomic mass is 35.5. The molecule has 0 saturated carbocycles. The maximum Gasteiger partial charge on any atom is 0.416 e. The molecule has 1 aromatic carbocycles. The van der Waals surface area contributed by atoms with Gasteiger partial charge in [0.05, 0.1) is 5.56 Å². The van der Waals surface area contributed by atoms with E-state index in [0.717, 1.165) is 6.07 Å². The summed E-state index contributed by atoms with van der Waals surface area (Å²) < 4.78 is 45.1. The minimum absolute atomic E-state index is 0. The summed E-state index contributed by atoms with van der Waals surface area (Å²) in [6.45, 7) is 6.79. The van der Waals surface area contributed by atoms with Crippen molar-refractivity contribution in [2.75, 3.05) is 6.54 Å². The number of rotatable bonds is 5. The normalized spacial score (nSPS) is 13.0. The molecule has 1 rings (SSSR count). The SMILES string of the molecule is CC(CN)C(=O)NCc1ccc(OC(C)(C)C)cc1C(F)(F)F.Cl. The molecule has 0 heterocycles. The molecule has 0 aliphatic heterocycles. The summed E-state index contributed by atoms with van der Waals surface area (Å²) in [5, 5.41) is 2.47. The van der Waals surface area contributed by atoms with Crippen molar-refractivity contribution in [3.8, 4) is 5.75 Å². The van der Waals surface area contributed by atoms with Gasteiger partial charge in [0.15, 0.2) is 0 Å². The zero-order valence-corrected chi connectivity index (χ0v) is 15.0.